The fraction of sp³-hybridized carbons (Fsp3) is 0.0714. The first-order valence-electron chi connectivity index (χ1n) is 10.6. The molecule has 3 heteroatoms. The molecule has 31 heavy (non-hydrogen) atoms. The minimum Gasteiger partial charge on any atom is -0.280 e. The molecule has 6 rings (SSSR count). The third kappa shape index (κ3) is 2.89. The SMILES string of the molecule is Cc1[nH]nc2c1nc(-c1cccc3c(Cc4ccccc4)cccc13)c1ccccc12. The van der Waals surface area contributed by atoms with Crippen LogP contribution in [0.2, 0.25) is 0 Å². The molecule has 3 nitrogen and oxygen atoms in total. The van der Waals surface area contributed by atoms with E-state index >= 15 is 0 Å². The number of fused-ring (bicyclic) bond motifs is 4. The number of hydrogen-bond acceptors (Lipinski definition) is 2. The maximum Gasteiger partial charge on any atom is 0.119 e. The molecule has 6 aromatic rings. The zero-order valence-corrected chi connectivity index (χ0v) is 17.3. The molecule has 0 aliphatic heterocycles. The minimum atomic E-state index is 0.912. The third-order valence-electron chi connectivity index (χ3n) is 6.08. The Kier molecular flexibility index (Phi) is 4.07. The number of nitrogens with one attached hydrogen (secondary N) is 1. The maximum atomic E-state index is 5.10. The van der Waals surface area contributed by atoms with Crippen LogP contribution in [-0.2, 0) is 6.42 Å². The van der Waals surface area contributed by atoms with Crippen molar-refractivity contribution in [3.05, 3.63) is 108 Å². The van der Waals surface area contributed by atoms with Gasteiger partial charge < -0.3 is 0 Å². The summed E-state index contributed by atoms with van der Waals surface area (Å²) in [6, 6.07) is 32.2. The summed E-state index contributed by atoms with van der Waals surface area (Å²) in [4.78, 5) is 5.10. The standard InChI is InChI=1S/C28H21N3/c1-18-26-28(31-30-18)25-13-6-5-12-24(25)27(29-26)23-16-8-14-21-20(11-7-15-22(21)23)17-19-9-3-2-4-10-19/h2-16H,17H2,1H3,(H,30,31). The number of pyridine rings is 1. The molecule has 0 amide bonds. The molecule has 0 unspecified atom stereocenters. The van der Waals surface area contributed by atoms with Crippen molar-refractivity contribution < 1.29 is 0 Å². The molecular formula is C28H21N3. The Labute approximate surface area is 180 Å². The normalized spacial score (nSPS) is 11.5. The van der Waals surface area contributed by atoms with Gasteiger partial charge in [0.1, 0.15) is 11.0 Å². The second-order valence-electron chi connectivity index (χ2n) is 8.03. The Balaban J connectivity index is 1.63. The molecule has 1 N–H and O–H groups in total. The smallest absolute Gasteiger partial charge is 0.119 e. The van der Waals surface area contributed by atoms with Gasteiger partial charge in [0.2, 0.25) is 0 Å². The molecule has 2 aromatic heterocycles. The average Bonchev–Trinajstić information content (AvgIpc) is 3.20. The predicted octanol–water partition coefficient (Wildman–Crippen LogP) is 6.83. The van der Waals surface area contributed by atoms with Crippen molar-refractivity contribution in [1.29, 1.82) is 0 Å². The number of benzene rings is 4. The molecule has 0 spiro atoms. The van der Waals surface area contributed by atoms with E-state index in [0.717, 1.165) is 45.2 Å². The van der Waals surface area contributed by atoms with E-state index < -0.39 is 0 Å². The van der Waals surface area contributed by atoms with E-state index in [4.69, 9.17) is 4.98 Å². The molecule has 0 saturated carbocycles. The highest BCUT2D eigenvalue weighted by molar-refractivity contribution is 6.12. The fourth-order valence-electron chi connectivity index (χ4n) is 4.57. The predicted molar refractivity (Wildman–Crippen MR) is 128 cm³/mol. The quantitative estimate of drug-likeness (QED) is 0.354. The molecule has 2 heterocycles. The van der Waals surface area contributed by atoms with Gasteiger partial charge in [0.25, 0.3) is 0 Å². The molecule has 0 saturated heterocycles. The Morgan fingerprint density at radius 1 is 0.645 bits per heavy atom. The second-order valence-corrected chi connectivity index (χ2v) is 8.03. The first-order chi connectivity index (χ1) is 15.3. The number of nitrogens with zero attached hydrogens (tertiary/aromatic N) is 2. The van der Waals surface area contributed by atoms with Crippen LogP contribution in [0.5, 0.6) is 0 Å². The fourth-order valence-corrected chi connectivity index (χ4v) is 4.57. The highest BCUT2D eigenvalue weighted by Gasteiger charge is 2.16. The summed E-state index contributed by atoms with van der Waals surface area (Å²) in [6.07, 6.45) is 0.912. The van der Waals surface area contributed by atoms with E-state index in [-0.39, 0.29) is 0 Å². The molecule has 0 bridgehead atoms. The van der Waals surface area contributed by atoms with Crippen LogP contribution in [0, 0.1) is 6.92 Å². The Morgan fingerprint density at radius 2 is 1.35 bits per heavy atom. The highest BCUT2D eigenvalue weighted by atomic mass is 15.1. The van der Waals surface area contributed by atoms with Crippen molar-refractivity contribution in [2.45, 2.75) is 13.3 Å². The van der Waals surface area contributed by atoms with E-state index in [0.29, 0.717) is 0 Å². The van der Waals surface area contributed by atoms with Crippen LogP contribution in [0.15, 0.2) is 91.0 Å². The second kappa shape index (κ2) is 7.06. The average molecular weight is 399 g/mol. The number of aromatic nitrogens is 3. The van der Waals surface area contributed by atoms with E-state index in [1.165, 1.54) is 21.9 Å². The number of H-pyrrole nitrogens is 1. The van der Waals surface area contributed by atoms with Gasteiger partial charge in [0, 0.05) is 16.3 Å². The van der Waals surface area contributed by atoms with Gasteiger partial charge in [-0.3, -0.25) is 5.10 Å². The summed E-state index contributed by atoms with van der Waals surface area (Å²) in [6.45, 7) is 2.03. The summed E-state index contributed by atoms with van der Waals surface area (Å²) in [7, 11) is 0. The number of aryl methyl sites for hydroxylation is 1. The van der Waals surface area contributed by atoms with Gasteiger partial charge in [0.15, 0.2) is 0 Å². The summed E-state index contributed by atoms with van der Waals surface area (Å²) >= 11 is 0. The molecule has 0 fully saturated rings. The maximum absolute atomic E-state index is 5.10. The van der Waals surface area contributed by atoms with Crippen LogP contribution in [0.4, 0.5) is 0 Å². The van der Waals surface area contributed by atoms with Gasteiger partial charge in [-0.15, -0.1) is 0 Å². The Morgan fingerprint density at radius 3 is 2.23 bits per heavy atom. The van der Waals surface area contributed by atoms with Crippen molar-refractivity contribution >= 4 is 32.6 Å². The van der Waals surface area contributed by atoms with Gasteiger partial charge in [-0.05, 0) is 35.2 Å². The van der Waals surface area contributed by atoms with Crippen LogP contribution < -0.4 is 0 Å². The Hall–Kier alpha value is -3.98. The lowest BCUT2D eigenvalue weighted by Gasteiger charge is -2.13. The zero-order valence-electron chi connectivity index (χ0n) is 17.3. The van der Waals surface area contributed by atoms with Gasteiger partial charge in [-0.25, -0.2) is 4.98 Å². The van der Waals surface area contributed by atoms with Gasteiger partial charge in [0.05, 0.1) is 11.4 Å². The molecule has 148 valence electrons. The van der Waals surface area contributed by atoms with Crippen LogP contribution >= 0.6 is 0 Å². The summed E-state index contributed by atoms with van der Waals surface area (Å²) in [5, 5.41) is 12.4. The van der Waals surface area contributed by atoms with Gasteiger partial charge in [-0.1, -0.05) is 91.0 Å². The van der Waals surface area contributed by atoms with Gasteiger partial charge in [-0.2, -0.15) is 5.10 Å². The third-order valence-corrected chi connectivity index (χ3v) is 6.08. The summed E-state index contributed by atoms with van der Waals surface area (Å²) in [5.41, 5.74) is 7.68. The van der Waals surface area contributed by atoms with Crippen molar-refractivity contribution in [3.8, 4) is 11.3 Å². The number of rotatable bonds is 3. The zero-order chi connectivity index (χ0) is 20.8. The molecule has 0 radical (unpaired) electrons. The number of hydrogen-bond donors (Lipinski definition) is 1. The molecule has 0 aliphatic carbocycles. The summed E-state index contributed by atoms with van der Waals surface area (Å²) in [5.74, 6) is 0. The molecule has 0 atom stereocenters. The van der Waals surface area contributed by atoms with Crippen molar-refractivity contribution in [3.63, 3.8) is 0 Å². The molecule has 0 aliphatic rings. The topological polar surface area (TPSA) is 41.6 Å². The lowest BCUT2D eigenvalue weighted by Crippen LogP contribution is -1.93. The van der Waals surface area contributed by atoms with E-state index in [1.807, 2.05) is 6.92 Å². The Bertz CT molecular complexity index is 1560. The number of aromatic amines is 1. The van der Waals surface area contributed by atoms with Crippen LogP contribution in [0.3, 0.4) is 0 Å². The first-order valence-corrected chi connectivity index (χ1v) is 10.6. The minimum absolute atomic E-state index is 0.912. The van der Waals surface area contributed by atoms with Crippen molar-refractivity contribution in [1.82, 2.24) is 15.2 Å². The summed E-state index contributed by atoms with van der Waals surface area (Å²) < 4.78 is 0. The monoisotopic (exact) mass is 399 g/mol. The molecule has 4 aromatic carbocycles. The van der Waals surface area contributed by atoms with Gasteiger partial charge >= 0.3 is 0 Å². The first kappa shape index (κ1) is 17.8. The lowest BCUT2D eigenvalue weighted by atomic mass is 9.93. The van der Waals surface area contributed by atoms with E-state index in [9.17, 15) is 0 Å². The largest absolute Gasteiger partial charge is 0.280 e. The highest BCUT2D eigenvalue weighted by Crippen LogP contribution is 2.36. The van der Waals surface area contributed by atoms with Crippen molar-refractivity contribution in [2.75, 3.05) is 0 Å². The van der Waals surface area contributed by atoms with E-state index in [2.05, 4.69) is 101 Å². The lowest BCUT2D eigenvalue weighted by molar-refractivity contribution is 1.07. The van der Waals surface area contributed by atoms with Crippen molar-refractivity contribution in [2.24, 2.45) is 0 Å². The van der Waals surface area contributed by atoms with Crippen LogP contribution in [0.1, 0.15) is 16.8 Å². The molecular weight excluding hydrogens is 378 g/mol. The van der Waals surface area contributed by atoms with Crippen LogP contribution in [-0.4, -0.2) is 15.2 Å². The van der Waals surface area contributed by atoms with E-state index in [1.54, 1.807) is 0 Å². The van der Waals surface area contributed by atoms with Crippen LogP contribution in [0.25, 0.3) is 43.8 Å².